The van der Waals surface area contributed by atoms with Crippen LogP contribution in [-0.4, -0.2) is 53.2 Å². The Balaban J connectivity index is -0.000000486. The van der Waals surface area contributed by atoms with E-state index in [2.05, 4.69) is 20.8 Å². The van der Waals surface area contributed by atoms with Crippen LogP contribution in [0.4, 0.5) is 0 Å². The van der Waals surface area contributed by atoms with Crippen LogP contribution in [0.3, 0.4) is 0 Å². The first-order chi connectivity index (χ1) is 35.0. The Bertz CT molecular complexity index is 1170. The number of carbonyl (C=O) groups excluding carboxylic acids is 6. The SMILES string of the molecule is CCCCCCCCCCCCCCC=COC(=O)CCC(=O)[O-].CCCCCCCCCCCCCCC=COC(=O)CCC(=O)[O-].CCCCCCCCCCCCCCC=COC(=O)CCC(=O)[O-].[Al+3]. The molecule has 0 heterocycles. The monoisotopic (exact) mass is 1040 g/mol. The van der Waals surface area contributed by atoms with Crippen molar-refractivity contribution < 1.29 is 58.3 Å². The molecule has 0 aromatic carbocycles. The van der Waals surface area contributed by atoms with Gasteiger partial charge in [-0.1, -0.05) is 233 Å². The van der Waals surface area contributed by atoms with Crippen molar-refractivity contribution in [2.75, 3.05) is 0 Å². The Kier molecular flexibility index (Phi) is 69.4. The van der Waals surface area contributed by atoms with Gasteiger partial charge in [0.2, 0.25) is 0 Å². The molecule has 0 N–H and O–H groups in total. The number of hydrogen-bond donors (Lipinski definition) is 0. The van der Waals surface area contributed by atoms with Gasteiger partial charge in [0.1, 0.15) is 0 Å². The molecular formula is C60H105AlO12. The van der Waals surface area contributed by atoms with Crippen LogP contribution in [0.1, 0.15) is 310 Å². The molecule has 0 rings (SSSR count). The van der Waals surface area contributed by atoms with Crippen molar-refractivity contribution in [1.82, 2.24) is 0 Å². The Labute approximate surface area is 456 Å². The van der Waals surface area contributed by atoms with Gasteiger partial charge in [0, 0.05) is 17.9 Å². The van der Waals surface area contributed by atoms with Crippen molar-refractivity contribution in [3.63, 3.8) is 0 Å². The number of rotatable bonds is 51. The smallest absolute Gasteiger partial charge is 0.550 e. The van der Waals surface area contributed by atoms with Crippen LogP contribution < -0.4 is 15.3 Å². The quantitative estimate of drug-likeness (QED) is 0.0184. The van der Waals surface area contributed by atoms with E-state index in [0.717, 1.165) is 38.5 Å². The number of carbonyl (C=O) groups is 6. The second-order valence-electron chi connectivity index (χ2n) is 19.2. The number of esters is 3. The molecule has 0 radical (unpaired) electrons. The van der Waals surface area contributed by atoms with Crippen LogP contribution in [0.5, 0.6) is 0 Å². The van der Waals surface area contributed by atoms with E-state index in [1.807, 2.05) is 18.2 Å². The molecule has 0 saturated heterocycles. The normalized spacial score (nSPS) is 10.9. The number of allylic oxidation sites excluding steroid dienone is 3. The van der Waals surface area contributed by atoms with Crippen molar-refractivity contribution in [3.8, 4) is 0 Å². The van der Waals surface area contributed by atoms with Gasteiger partial charge in [-0.2, -0.15) is 0 Å². The van der Waals surface area contributed by atoms with E-state index < -0.39 is 35.8 Å². The summed E-state index contributed by atoms with van der Waals surface area (Å²) in [5, 5.41) is 30.5. The predicted molar refractivity (Wildman–Crippen MR) is 291 cm³/mol. The molecular weight excluding hydrogens is 940 g/mol. The minimum absolute atomic E-state index is 0. The third-order valence-electron chi connectivity index (χ3n) is 12.2. The van der Waals surface area contributed by atoms with Crippen LogP contribution in [0.2, 0.25) is 0 Å². The van der Waals surface area contributed by atoms with Crippen LogP contribution >= 0.6 is 0 Å². The van der Waals surface area contributed by atoms with E-state index in [1.165, 1.54) is 231 Å². The first kappa shape index (κ1) is 76.1. The second-order valence-corrected chi connectivity index (χ2v) is 19.2. The number of carboxylic acid groups (broad SMARTS) is 3. The maximum atomic E-state index is 11.1. The Morgan fingerprint density at radius 3 is 0.603 bits per heavy atom. The van der Waals surface area contributed by atoms with Crippen LogP contribution in [0, 0.1) is 0 Å². The van der Waals surface area contributed by atoms with Gasteiger partial charge in [-0.15, -0.1) is 0 Å². The molecule has 0 bridgehead atoms. The van der Waals surface area contributed by atoms with E-state index in [4.69, 9.17) is 14.2 Å². The summed E-state index contributed by atoms with van der Waals surface area (Å²) in [6.45, 7) is 6.76. The first-order valence-corrected chi connectivity index (χ1v) is 29.1. The van der Waals surface area contributed by atoms with Gasteiger partial charge in [0.25, 0.3) is 0 Å². The van der Waals surface area contributed by atoms with E-state index >= 15 is 0 Å². The maximum absolute atomic E-state index is 11.1. The van der Waals surface area contributed by atoms with E-state index in [0.29, 0.717) is 0 Å². The molecule has 0 aromatic rings. The zero-order valence-corrected chi connectivity index (χ0v) is 47.9. The zero-order chi connectivity index (χ0) is 53.6. The van der Waals surface area contributed by atoms with Crippen LogP contribution in [0.15, 0.2) is 37.0 Å². The number of ether oxygens (including phenoxy) is 3. The number of unbranched alkanes of at least 4 members (excludes halogenated alkanes) is 36. The van der Waals surface area contributed by atoms with Gasteiger partial charge in [-0.25, -0.2) is 0 Å². The van der Waals surface area contributed by atoms with Gasteiger partial charge in [0.15, 0.2) is 0 Å². The fourth-order valence-electron chi connectivity index (χ4n) is 7.67. The van der Waals surface area contributed by atoms with Gasteiger partial charge in [-0.3, -0.25) is 14.4 Å². The summed E-state index contributed by atoms with van der Waals surface area (Å²) in [5.74, 6) is -5.26. The molecule has 0 unspecified atom stereocenters. The molecule has 13 heteroatoms. The van der Waals surface area contributed by atoms with Gasteiger partial charge in [0.05, 0.1) is 38.0 Å². The van der Waals surface area contributed by atoms with Crippen LogP contribution in [0.25, 0.3) is 0 Å². The predicted octanol–water partition coefficient (Wildman–Crippen LogP) is 13.6. The third kappa shape index (κ3) is 77.6. The summed E-state index contributed by atoms with van der Waals surface area (Å²) in [4.78, 5) is 63.9. The summed E-state index contributed by atoms with van der Waals surface area (Å²) >= 11 is 0. The molecule has 73 heavy (non-hydrogen) atoms. The molecule has 0 aliphatic carbocycles. The van der Waals surface area contributed by atoms with Crippen molar-refractivity contribution in [3.05, 3.63) is 37.0 Å². The number of hydrogen-bond acceptors (Lipinski definition) is 12. The molecule has 0 aliphatic heterocycles. The van der Waals surface area contributed by atoms with Gasteiger partial charge >= 0.3 is 35.3 Å². The molecule has 0 atom stereocenters. The minimum Gasteiger partial charge on any atom is -0.550 e. The van der Waals surface area contributed by atoms with Crippen LogP contribution in [-0.2, 0) is 43.0 Å². The average Bonchev–Trinajstić information content (AvgIpc) is 3.36. The fourth-order valence-corrected chi connectivity index (χ4v) is 7.67. The number of carboxylic acids is 3. The summed E-state index contributed by atoms with van der Waals surface area (Å²) in [5.41, 5.74) is 0. The van der Waals surface area contributed by atoms with Gasteiger partial charge < -0.3 is 43.9 Å². The molecule has 0 amide bonds. The zero-order valence-electron chi connectivity index (χ0n) is 46.8. The Morgan fingerprint density at radius 2 is 0.438 bits per heavy atom. The van der Waals surface area contributed by atoms with Gasteiger partial charge in [-0.05, 0) is 76.0 Å². The standard InChI is InChI=1S/3C20H36O4.Al/c3*1-2-3-4-5-6-7-8-9-10-11-12-13-14-15-18-24-20(23)17-16-19(21)22;/h3*15,18H,2-14,16-17H2,1H3,(H,21,22);/q;;;+3/p-3. The molecule has 0 spiro atoms. The Morgan fingerprint density at radius 1 is 0.274 bits per heavy atom. The van der Waals surface area contributed by atoms with E-state index in [1.54, 1.807) is 0 Å². The molecule has 0 aromatic heterocycles. The summed E-state index contributed by atoms with van der Waals surface area (Å²) in [7, 11) is 0. The van der Waals surface area contributed by atoms with Crippen molar-refractivity contribution in [1.29, 1.82) is 0 Å². The minimum atomic E-state index is -1.23. The molecule has 0 saturated carbocycles. The summed E-state index contributed by atoms with van der Waals surface area (Å²) < 4.78 is 14.4. The number of aliphatic carboxylic acids is 3. The largest absolute Gasteiger partial charge is 3.00 e. The average molecular weight is 1050 g/mol. The van der Waals surface area contributed by atoms with E-state index in [-0.39, 0.29) is 55.9 Å². The fraction of sp³-hybridized carbons (Fsp3) is 0.800. The molecule has 12 nitrogen and oxygen atoms in total. The first-order valence-electron chi connectivity index (χ1n) is 29.1. The van der Waals surface area contributed by atoms with Crippen molar-refractivity contribution in [2.45, 2.75) is 310 Å². The van der Waals surface area contributed by atoms with Crippen molar-refractivity contribution >= 4 is 53.2 Å². The second kappa shape index (κ2) is 66.6. The van der Waals surface area contributed by atoms with E-state index in [9.17, 15) is 44.1 Å². The maximum Gasteiger partial charge on any atom is 3.00 e. The summed E-state index contributed by atoms with van der Waals surface area (Å²) in [6.07, 6.45) is 58.7. The molecule has 420 valence electrons. The molecule has 0 aliphatic rings. The topological polar surface area (TPSA) is 199 Å². The summed E-state index contributed by atoms with van der Waals surface area (Å²) in [6, 6.07) is 0. The third-order valence-corrected chi connectivity index (χ3v) is 12.2. The van der Waals surface area contributed by atoms with Crippen molar-refractivity contribution in [2.24, 2.45) is 0 Å². The molecule has 0 fully saturated rings. The Hall–Kier alpha value is -3.43.